The standard InChI is InChI=1S/C14H19BrN2O/c1-11(2)16-5-7-17(8-6-16)14-4-3-12(10-18)9-13(14)15/h3-4,9-11H,5-8H2,1-2H3. The number of anilines is 1. The zero-order valence-corrected chi connectivity index (χ0v) is 12.5. The Bertz CT molecular complexity index is 426. The average molecular weight is 311 g/mol. The lowest BCUT2D eigenvalue weighted by molar-refractivity contribution is 0.112. The van der Waals surface area contributed by atoms with Crippen LogP contribution in [0.1, 0.15) is 24.2 Å². The van der Waals surface area contributed by atoms with E-state index in [1.807, 2.05) is 18.2 Å². The van der Waals surface area contributed by atoms with Gasteiger partial charge in [0.15, 0.2) is 0 Å². The van der Waals surface area contributed by atoms with Gasteiger partial charge in [-0.3, -0.25) is 9.69 Å². The van der Waals surface area contributed by atoms with Gasteiger partial charge in [0.2, 0.25) is 0 Å². The number of carbonyl (C=O) groups excluding carboxylic acids is 1. The van der Waals surface area contributed by atoms with Crippen molar-refractivity contribution < 1.29 is 4.79 Å². The first-order valence-corrected chi connectivity index (χ1v) is 7.15. The van der Waals surface area contributed by atoms with Crippen LogP contribution in [0, 0.1) is 0 Å². The molecule has 0 spiro atoms. The largest absolute Gasteiger partial charge is 0.368 e. The molecular formula is C14H19BrN2O. The maximum Gasteiger partial charge on any atom is 0.150 e. The molecule has 2 rings (SSSR count). The lowest BCUT2D eigenvalue weighted by Crippen LogP contribution is -2.49. The van der Waals surface area contributed by atoms with E-state index in [-0.39, 0.29) is 0 Å². The molecule has 0 radical (unpaired) electrons. The molecule has 0 N–H and O–H groups in total. The zero-order valence-electron chi connectivity index (χ0n) is 10.9. The van der Waals surface area contributed by atoms with Crippen molar-refractivity contribution in [3.05, 3.63) is 28.2 Å². The van der Waals surface area contributed by atoms with E-state index < -0.39 is 0 Å². The topological polar surface area (TPSA) is 23.6 Å². The molecule has 1 aliphatic rings. The Morgan fingerprint density at radius 2 is 1.89 bits per heavy atom. The SMILES string of the molecule is CC(C)N1CCN(c2ccc(C=O)cc2Br)CC1. The summed E-state index contributed by atoms with van der Waals surface area (Å²) < 4.78 is 1.00. The third-order valence-electron chi connectivity index (χ3n) is 3.49. The number of halogens is 1. The second-order valence-corrected chi connectivity index (χ2v) is 5.80. The molecule has 3 nitrogen and oxygen atoms in total. The summed E-state index contributed by atoms with van der Waals surface area (Å²) in [5.41, 5.74) is 1.90. The van der Waals surface area contributed by atoms with Crippen LogP contribution >= 0.6 is 15.9 Å². The molecule has 1 fully saturated rings. The Hall–Kier alpha value is -0.870. The second kappa shape index (κ2) is 5.85. The van der Waals surface area contributed by atoms with Crippen LogP contribution in [0.5, 0.6) is 0 Å². The quantitative estimate of drug-likeness (QED) is 0.802. The number of rotatable bonds is 3. The van der Waals surface area contributed by atoms with Crippen molar-refractivity contribution in [2.75, 3.05) is 31.1 Å². The summed E-state index contributed by atoms with van der Waals surface area (Å²) in [6.07, 6.45) is 0.880. The van der Waals surface area contributed by atoms with Crippen molar-refractivity contribution in [1.82, 2.24) is 4.90 Å². The fourth-order valence-electron chi connectivity index (χ4n) is 2.33. The Morgan fingerprint density at radius 3 is 2.39 bits per heavy atom. The van der Waals surface area contributed by atoms with Crippen LogP contribution in [0.4, 0.5) is 5.69 Å². The molecule has 4 heteroatoms. The minimum atomic E-state index is 0.619. The summed E-state index contributed by atoms with van der Waals surface area (Å²) in [5, 5.41) is 0. The van der Waals surface area contributed by atoms with Crippen LogP contribution in [0.3, 0.4) is 0 Å². The first-order chi connectivity index (χ1) is 8.61. The van der Waals surface area contributed by atoms with Gasteiger partial charge in [0.25, 0.3) is 0 Å². The molecule has 1 aromatic rings. The Balaban J connectivity index is 2.07. The summed E-state index contributed by atoms with van der Waals surface area (Å²) in [7, 11) is 0. The molecule has 1 saturated heterocycles. The molecule has 0 aliphatic carbocycles. The van der Waals surface area contributed by atoms with Gasteiger partial charge in [-0.05, 0) is 48.0 Å². The van der Waals surface area contributed by atoms with Crippen LogP contribution in [0.15, 0.2) is 22.7 Å². The molecule has 0 bridgehead atoms. The highest BCUT2D eigenvalue weighted by atomic mass is 79.9. The number of carbonyl (C=O) groups is 1. The minimum absolute atomic E-state index is 0.619. The van der Waals surface area contributed by atoms with Crippen molar-refractivity contribution in [3.63, 3.8) is 0 Å². The van der Waals surface area contributed by atoms with Crippen molar-refractivity contribution in [2.24, 2.45) is 0 Å². The maximum absolute atomic E-state index is 10.7. The van der Waals surface area contributed by atoms with Gasteiger partial charge in [0.05, 0.1) is 5.69 Å². The summed E-state index contributed by atoms with van der Waals surface area (Å²) >= 11 is 3.55. The molecule has 0 saturated carbocycles. The molecule has 98 valence electrons. The smallest absolute Gasteiger partial charge is 0.150 e. The van der Waals surface area contributed by atoms with Gasteiger partial charge in [-0.2, -0.15) is 0 Å². The first-order valence-electron chi connectivity index (χ1n) is 6.35. The number of hydrogen-bond acceptors (Lipinski definition) is 3. The van der Waals surface area contributed by atoms with E-state index in [2.05, 4.69) is 39.6 Å². The first kappa shape index (κ1) is 13.6. The molecule has 0 aromatic heterocycles. The van der Waals surface area contributed by atoms with Gasteiger partial charge >= 0.3 is 0 Å². The van der Waals surface area contributed by atoms with E-state index in [0.29, 0.717) is 11.6 Å². The lowest BCUT2D eigenvalue weighted by Gasteiger charge is -2.38. The molecular weight excluding hydrogens is 292 g/mol. The molecule has 1 heterocycles. The number of hydrogen-bond donors (Lipinski definition) is 0. The number of aldehydes is 1. The number of nitrogens with zero attached hydrogens (tertiary/aromatic N) is 2. The van der Waals surface area contributed by atoms with Gasteiger partial charge in [0, 0.05) is 42.3 Å². The van der Waals surface area contributed by atoms with Crippen molar-refractivity contribution in [2.45, 2.75) is 19.9 Å². The average Bonchev–Trinajstić information content (AvgIpc) is 2.38. The predicted octanol–water partition coefficient (Wildman–Crippen LogP) is 2.79. The van der Waals surface area contributed by atoms with E-state index >= 15 is 0 Å². The van der Waals surface area contributed by atoms with E-state index in [9.17, 15) is 4.79 Å². The van der Waals surface area contributed by atoms with Crippen molar-refractivity contribution in [3.8, 4) is 0 Å². The lowest BCUT2D eigenvalue weighted by atomic mass is 10.2. The van der Waals surface area contributed by atoms with Crippen LogP contribution in [0.2, 0.25) is 0 Å². The summed E-state index contributed by atoms with van der Waals surface area (Å²) in [6.45, 7) is 8.75. The molecule has 0 atom stereocenters. The van der Waals surface area contributed by atoms with Crippen LogP contribution in [-0.2, 0) is 0 Å². The predicted molar refractivity (Wildman–Crippen MR) is 78.5 cm³/mol. The van der Waals surface area contributed by atoms with E-state index in [1.165, 1.54) is 5.69 Å². The number of piperazine rings is 1. The van der Waals surface area contributed by atoms with Gasteiger partial charge in [-0.1, -0.05) is 0 Å². The molecule has 1 aliphatic heterocycles. The van der Waals surface area contributed by atoms with E-state index in [4.69, 9.17) is 0 Å². The molecule has 0 unspecified atom stereocenters. The van der Waals surface area contributed by atoms with E-state index in [1.54, 1.807) is 0 Å². The normalized spacial score (nSPS) is 17.2. The summed E-state index contributed by atoms with van der Waals surface area (Å²) in [6, 6.07) is 6.41. The molecule has 18 heavy (non-hydrogen) atoms. The van der Waals surface area contributed by atoms with E-state index in [0.717, 1.165) is 36.9 Å². The fourth-order valence-corrected chi connectivity index (χ4v) is 2.98. The Morgan fingerprint density at radius 1 is 1.22 bits per heavy atom. The molecule has 0 amide bonds. The fraction of sp³-hybridized carbons (Fsp3) is 0.500. The summed E-state index contributed by atoms with van der Waals surface area (Å²) in [5.74, 6) is 0. The third-order valence-corrected chi connectivity index (χ3v) is 4.13. The van der Waals surface area contributed by atoms with Crippen molar-refractivity contribution in [1.29, 1.82) is 0 Å². The monoisotopic (exact) mass is 310 g/mol. The van der Waals surface area contributed by atoms with Crippen LogP contribution < -0.4 is 4.90 Å². The van der Waals surface area contributed by atoms with Crippen LogP contribution in [0.25, 0.3) is 0 Å². The maximum atomic E-state index is 10.7. The van der Waals surface area contributed by atoms with Crippen molar-refractivity contribution >= 4 is 27.9 Å². The highest BCUT2D eigenvalue weighted by Crippen LogP contribution is 2.28. The highest BCUT2D eigenvalue weighted by molar-refractivity contribution is 9.10. The minimum Gasteiger partial charge on any atom is -0.368 e. The van der Waals surface area contributed by atoms with Gasteiger partial charge < -0.3 is 4.90 Å². The third kappa shape index (κ3) is 2.93. The zero-order chi connectivity index (χ0) is 13.1. The summed E-state index contributed by atoms with van der Waals surface area (Å²) in [4.78, 5) is 15.6. The Labute approximate surface area is 117 Å². The number of benzene rings is 1. The second-order valence-electron chi connectivity index (χ2n) is 4.95. The van der Waals surface area contributed by atoms with Gasteiger partial charge in [-0.15, -0.1) is 0 Å². The van der Waals surface area contributed by atoms with Gasteiger partial charge in [0.1, 0.15) is 6.29 Å². The van der Waals surface area contributed by atoms with Crippen LogP contribution in [-0.4, -0.2) is 43.4 Å². The highest BCUT2D eigenvalue weighted by Gasteiger charge is 2.20. The van der Waals surface area contributed by atoms with Gasteiger partial charge in [-0.25, -0.2) is 0 Å². The molecule has 1 aromatic carbocycles. The Kier molecular flexibility index (Phi) is 4.40.